The summed E-state index contributed by atoms with van der Waals surface area (Å²) in [5.41, 5.74) is 4.00. The molecule has 0 nitrogen and oxygen atoms in total. The van der Waals surface area contributed by atoms with Crippen LogP contribution in [0.4, 0.5) is 0 Å². The molecule has 0 aromatic heterocycles. The first-order valence-corrected chi connectivity index (χ1v) is 8.60. The van der Waals surface area contributed by atoms with Crippen LogP contribution < -0.4 is 0 Å². The standard InChI is InChI=1S/C18H28/c1-2-3-4-5-6-12-9-15-11-16(12)18-14-8-7-13(10-14)17(15)18/h12-14,16,18H,2-11H2,1H3. The van der Waals surface area contributed by atoms with Crippen LogP contribution >= 0.6 is 0 Å². The molecule has 5 unspecified atom stereocenters. The Morgan fingerprint density at radius 1 is 1.06 bits per heavy atom. The van der Waals surface area contributed by atoms with Gasteiger partial charge in [-0.3, -0.25) is 0 Å². The fourth-order valence-corrected chi connectivity index (χ4v) is 6.06. The second-order valence-corrected chi connectivity index (χ2v) is 7.54. The number of hydrogen-bond donors (Lipinski definition) is 0. The van der Waals surface area contributed by atoms with Crippen molar-refractivity contribution in [1.29, 1.82) is 0 Å². The quantitative estimate of drug-likeness (QED) is 0.452. The van der Waals surface area contributed by atoms with Crippen molar-refractivity contribution in [3.8, 4) is 0 Å². The van der Waals surface area contributed by atoms with Gasteiger partial charge in [-0.05, 0) is 68.1 Å². The van der Waals surface area contributed by atoms with E-state index in [9.17, 15) is 0 Å². The summed E-state index contributed by atoms with van der Waals surface area (Å²) in [6.07, 6.45) is 15.2. The van der Waals surface area contributed by atoms with Gasteiger partial charge in [0.05, 0.1) is 0 Å². The molecule has 3 saturated carbocycles. The molecule has 4 aliphatic rings. The molecule has 5 atom stereocenters. The van der Waals surface area contributed by atoms with Crippen molar-refractivity contribution in [3.63, 3.8) is 0 Å². The van der Waals surface area contributed by atoms with Gasteiger partial charge in [-0.2, -0.15) is 0 Å². The third-order valence-electron chi connectivity index (χ3n) is 6.67. The lowest BCUT2D eigenvalue weighted by atomic mass is 9.71. The van der Waals surface area contributed by atoms with Gasteiger partial charge < -0.3 is 0 Å². The van der Waals surface area contributed by atoms with Gasteiger partial charge in [-0.25, -0.2) is 0 Å². The van der Waals surface area contributed by atoms with Crippen LogP contribution in [-0.2, 0) is 0 Å². The molecule has 0 aromatic rings. The molecular weight excluding hydrogens is 216 g/mol. The molecule has 0 N–H and O–H groups in total. The molecule has 4 rings (SSSR count). The highest BCUT2D eigenvalue weighted by molar-refractivity contribution is 5.37. The Labute approximate surface area is 112 Å². The van der Waals surface area contributed by atoms with Crippen molar-refractivity contribution in [2.24, 2.45) is 29.6 Å². The molecule has 0 radical (unpaired) electrons. The van der Waals surface area contributed by atoms with Crippen molar-refractivity contribution in [3.05, 3.63) is 11.1 Å². The van der Waals surface area contributed by atoms with E-state index in [1.165, 1.54) is 38.5 Å². The van der Waals surface area contributed by atoms with E-state index in [-0.39, 0.29) is 0 Å². The summed E-state index contributed by atoms with van der Waals surface area (Å²) in [5, 5.41) is 0. The Bertz CT molecular complexity index is 364. The molecule has 0 saturated heterocycles. The zero-order chi connectivity index (χ0) is 12.1. The third-order valence-corrected chi connectivity index (χ3v) is 6.67. The van der Waals surface area contributed by atoms with E-state index in [1.54, 1.807) is 25.7 Å². The fourth-order valence-electron chi connectivity index (χ4n) is 6.06. The zero-order valence-corrected chi connectivity index (χ0v) is 12.0. The minimum absolute atomic E-state index is 1.07. The fraction of sp³-hybridized carbons (Fsp3) is 0.889. The van der Waals surface area contributed by atoms with E-state index >= 15 is 0 Å². The highest BCUT2D eigenvalue weighted by atomic mass is 14.6. The summed E-state index contributed by atoms with van der Waals surface area (Å²) in [6.45, 7) is 2.32. The number of hydrogen-bond acceptors (Lipinski definition) is 0. The van der Waals surface area contributed by atoms with Crippen molar-refractivity contribution in [2.45, 2.75) is 71.1 Å². The molecule has 100 valence electrons. The number of fused-ring (bicyclic) bond motifs is 8. The van der Waals surface area contributed by atoms with E-state index in [2.05, 4.69) is 6.92 Å². The van der Waals surface area contributed by atoms with Gasteiger partial charge in [0.15, 0.2) is 0 Å². The van der Waals surface area contributed by atoms with Crippen molar-refractivity contribution >= 4 is 0 Å². The van der Waals surface area contributed by atoms with Crippen molar-refractivity contribution in [2.75, 3.05) is 0 Å². The largest absolute Gasteiger partial charge is 0.0698 e. The highest BCUT2D eigenvalue weighted by Crippen LogP contribution is 2.66. The first-order valence-electron chi connectivity index (χ1n) is 8.60. The molecular formula is C18H28. The lowest BCUT2D eigenvalue weighted by molar-refractivity contribution is 0.219. The Morgan fingerprint density at radius 3 is 2.89 bits per heavy atom. The summed E-state index contributed by atoms with van der Waals surface area (Å²) in [6, 6.07) is 0. The summed E-state index contributed by atoms with van der Waals surface area (Å²) >= 11 is 0. The van der Waals surface area contributed by atoms with Crippen LogP contribution in [0.15, 0.2) is 11.1 Å². The maximum Gasteiger partial charge on any atom is -0.0135 e. The summed E-state index contributed by atoms with van der Waals surface area (Å²) in [7, 11) is 0. The second kappa shape index (κ2) is 4.39. The van der Waals surface area contributed by atoms with Gasteiger partial charge in [-0.1, -0.05) is 43.8 Å². The zero-order valence-electron chi connectivity index (χ0n) is 12.0. The van der Waals surface area contributed by atoms with Crippen LogP contribution in [0, 0.1) is 29.6 Å². The Hall–Kier alpha value is -0.260. The average Bonchev–Trinajstić information content (AvgIpc) is 3.10. The minimum Gasteiger partial charge on any atom is -0.0698 e. The first-order chi connectivity index (χ1) is 8.88. The van der Waals surface area contributed by atoms with E-state index < -0.39 is 0 Å². The van der Waals surface area contributed by atoms with Crippen LogP contribution in [0.1, 0.15) is 71.1 Å². The molecule has 4 bridgehead atoms. The van der Waals surface area contributed by atoms with Crippen molar-refractivity contribution < 1.29 is 0 Å². The predicted octanol–water partition coefficient (Wildman–Crippen LogP) is 5.34. The van der Waals surface area contributed by atoms with Crippen LogP contribution in [0.2, 0.25) is 0 Å². The van der Waals surface area contributed by atoms with Crippen LogP contribution in [0.25, 0.3) is 0 Å². The topological polar surface area (TPSA) is 0 Å². The summed E-state index contributed by atoms with van der Waals surface area (Å²) in [5.74, 6) is 5.52. The summed E-state index contributed by atoms with van der Waals surface area (Å²) in [4.78, 5) is 0. The highest BCUT2D eigenvalue weighted by Gasteiger charge is 2.55. The Kier molecular flexibility index (Phi) is 2.82. The van der Waals surface area contributed by atoms with Gasteiger partial charge in [0.25, 0.3) is 0 Å². The van der Waals surface area contributed by atoms with E-state index in [4.69, 9.17) is 0 Å². The monoisotopic (exact) mass is 244 g/mol. The molecule has 4 aliphatic carbocycles. The predicted molar refractivity (Wildman–Crippen MR) is 76.3 cm³/mol. The third kappa shape index (κ3) is 1.57. The van der Waals surface area contributed by atoms with Crippen molar-refractivity contribution in [1.82, 2.24) is 0 Å². The Balaban J connectivity index is 1.42. The number of rotatable bonds is 5. The lowest BCUT2D eigenvalue weighted by Crippen LogP contribution is -2.25. The molecule has 0 heteroatoms. The van der Waals surface area contributed by atoms with Gasteiger partial charge in [0, 0.05) is 0 Å². The molecule has 18 heavy (non-hydrogen) atoms. The average molecular weight is 244 g/mol. The van der Waals surface area contributed by atoms with Crippen LogP contribution in [0.5, 0.6) is 0 Å². The van der Waals surface area contributed by atoms with Gasteiger partial charge in [0.2, 0.25) is 0 Å². The lowest BCUT2D eigenvalue weighted by Gasteiger charge is -2.33. The smallest absolute Gasteiger partial charge is 0.0135 e. The van der Waals surface area contributed by atoms with Gasteiger partial charge in [0.1, 0.15) is 0 Å². The van der Waals surface area contributed by atoms with E-state index in [1.807, 2.05) is 11.1 Å². The maximum atomic E-state index is 2.32. The number of unbranched alkanes of at least 4 members (excludes halogenated alkanes) is 3. The number of allylic oxidation sites excluding steroid dienone is 2. The normalized spacial score (nSPS) is 44.2. The van der Waals surface area contributed by atoms with E-state index in [0.717, 1.165) is 29.6 Å². The molecule has 0 aromatic carbocycles. The van der Waals surface area contributed by atoms with Crippen LogP contribution in [-0.4, -0.2) is 0 Å². The molecule has 0 aliphatic heterocycles. The first kappa shape index (κ1) is 11.6. The summed E-state index contributed by atoms with van der Waals surface area (Å²) < 4.78 is 0. The van der Waals surface area contributed by atoms with E-state index in [0.29, 0.717) is 0 Å². The SMILES string of the molecule is CCCCCCC1CC2=C3C4CCC(C4)C3C1C2. The van der Waals surface area contributed by atoms with Gasteiger partial charge >= 0.3 is 0 Å². The van der Waals surface area contributed by atoms with Crippen LogP contribution in [0.3, 0.4) is 0 Å². The van der Waals surface area contributed by atoms with Gasteiger partial charge in [-0.15, -0.1) is 0 Å². The maximum absolute atomic E-state index is 2.32. The molecule has 0 spiro atoms. The molecule has 0 heterocycles. The minimum atomic E-state index is 1.07. The molecule has 0 amide bonds. The second-order valence-electron chi connectivity index (χ2n) is 7.54. The molecule has 3 fully saturated rings. The Morgan fingerprint density at radius 2 is 2.00 bits per heavy atom.